The summed E-state index contributed by atoms with van der Waals surface area (Å²) in [6, 6.07) is 22.6. The van der Waals surface area contributed by atoms with E-state index in [4.69, 9.17) is 4.42 Å². The maximum Gasteiger partial charge on any atom is 0.243 e. The molecule has 0 aliphatic rings. The molecule has 0 bridgehead atoms. The van der Waals surface area contributed by atoms with E-state index in [1.165, 1.54) is 27.8 Å². The molecule has 0 aliphatic carbocycles. The minimum absolute atomic E-state index is 0.125. The van der Waals surface area contributed by atoms with Crippen molar-refractivity contribution in [1.29, 1.82) is 0 Å². The third kappa shape index (κ3) is 4.69. The van der Waals surface area contributed by atoms with Crippen LogP contribution in [0.3, 0.4) is 0 Å². The van der Waals surface area contributed by atoms with Gasteiger partial charge in [-0.2, -0.15) is 4.31 Å². The topological polar surface area (TPSA) is 67.8 Å². The van der Waals surface area contributed by atoms with Gasteiger partial charge in [-0.25, -0.2) is 17.8 Å². The third-order valence-corrected chi connectivity index (χ3v) is 9.04. The molecule has 0 unspecified atom stereocenters. The van der Waals surface area contributed by atoms with E-state index in [0.29, 0.717) is 12.2 Å². The van der Waals surface area contributed by atoms with Crippen LogP contribution in [0, 0.1) is 5.82 Å². The Morgan fingerprint density at radius 2 is 1.78 bits per heavy atom. The molecule has 6 rings (SSSR count). The standard InChI is InChI=1S/C28H22FN3O3S2/c29-23-10-7-21(8-11-23)27-18-32-24(19-36-28(32)30-27)13-14-31(17-25-6-3-15-35-25)37(33,34)26-12-9-20-4-1-2-5-22(20)16-26/h1-12,15-16,18-19H,13-14,17H2. The molecular formula is C28H22FN3O3S2. The van der Waals surface area contributed by atoms with Crippen molar-refractivity contribution in [2.24, 2.45) is 0 Å². The Labute approximate surface area is 217 Å². The van der Waals surface area contributed by atoms with Crippen molar-refractivity contribution >= 4 is 37.1 Å². The number of imidazole rings is 1. The molecule has 186 valence electrons. The van der Waals surface area contributed by atoms with E-state index in [0.717, 1.165) is 32.7 Å². The predicted molar refractivity (Wildman–Crippen MR) is 142 cm³/mol. The summed E-state index contributed by atoms with van der Waals surface area (Å²) in [4.78, 5) is 5.70. The van der Waals surface area contributed by atoms with Crippen molar-refractivity contribution in [3.63, 3.8) is 0 Å². The fourth-order valence-electron chi connectivity index (χ4n) is 4.35. The predicted octanol–water partition coefficient (Wildman–Crippen LogP) is 6.38. The lowest BCUT2D eigenvalue weighted by Gasteiger charge is -2.21. The van der Waals surface area contributed by atoms with Gasteiger partial charge in [0.25, 0.3) is 0 Å². The van der Waals surface area contributed by atoms with Crippen LogP contribution in [0.5, 0.6) is 0 Å². The summed E-state index contributed by atoms with van der Waals surface area (Å²) in [6.07, 6.45) is 3.93. The smallest absolute Gasteiger partial charge is 0.243 e. The van der Waals surface area contributed by atoms with E-state index < -0.39 is 10.0 Å². The number of benzene rings is 3. The van der Waals surface area contributed by atoms with Gasteiger partial charge in [-0.1, -0.05) is 30.3 Å². The average Bonchev–Trinajstić information content (AvgIpc) is 3.65. The first-order valence-electron chi connectivity index (χ1n) is 11.7. The molecule has 0 fully saturated rings. The van der Waals surface area contributed by atoms with Gasteiger partial charge in [0, 0.05) is 35.8 Å². The molecule has 0 N–H and O–H groups in total. The van der Waals surface area contributed by atoms with Crippen molar-refractivity contribution in [1.82, 2.24) is 13.7 Å². The maximum absolute atomic E-state index is 13.8. The number of thiazole rings is 1. The highest BCUT2D eigenvalue weighted by Crippen LogP contribution is 2.26. The Balaban J connectivity index is 1.30. The normalized spacial score (nSPS) is 12.2. The fourth-order valence-corrected chi connectivity index (χ4v) is 6.70. The zero-order valence-electron chi connectivity index (χ0n) is 19.6. The summed E-state index contributed by atoms with van der Waals surface area (Å²) >= 11 is 1.49. The van der Waals surface area contributed by atoms with Crippen molar-refractivity contribution in [3.8, 4) is 11.3 Å². The summed E-state index contributed by atoms with van der Waals surface area (Å²) in [5.74, 6) is 0.274. The molecule has 0 saturated carbocycles. The first-order valence-corrected chi connectivity index (χ1v) is 14.0. The van der Waals surface area contributed by atoms with Gasteiger partial charge in [0.15, 0.2) is 4.96 Å². The van der Waals surface area contributed by atoms with E-state index in [-0.39, 0.29) is 23.8 Å². The Morgan fingerprint density at radius 3 is 2.57 bits per heavy atom. The lowest BCUT2D eigenvalue weighted by atomic mass is 10.1. The quantitative estimate of drug-likeness (QED) is 0.229. The number of hydrogen-bond acceptors (Lipinski definition) is 5. The number of furan rings is 1. The second kappa shape index (κ2) is 9.59. The first-order chi connectivity index (χ1) is 18.0. The van der Waals surface area contributed by atoms with Gasteiger partial charge in [-0.05, 0) is 59.3 Å². The number of sulfonamides is 1. The Bertz CT molecular complexity index is 1790. The highest BCUT2D eigenvalue weighted by Gasteiger charge is 2.26. The molecule has 6 aromatic rings. The second-order valence-corrected chi connectivity index (χ2v) is 11.5. The molecular weight excluding hydrogens is 509 g/mol. The van der Waals surface area contributed by atoms with Crippen LogP contribution in [-0.4, -0.2) is 28.7 Å². The van der Waals surface area contributed by atoms with Crippen molar-refractivity contribution in [2.75, 3.05) is 6.54 Å². The van der Waals surface area contributed by atoms with E-state index in [1.807, 2.05) is 46.3 Å². The van der Waals surface area contributed by atoms with Gasteiger partial charge in [0.2, 0.25) is 10.0 Å². The van der Waals surface area contributed by atoms with Crippen molar-refractivity contribution in [3.05, 3.63) is 114 Å². The number of aromatic nitrogens is 2. The maximum atomic E-state index is 13.8. The minimum atomic E-state index is -3.80. The monoisotopic (exact) mass is 531 g/mol. The molecule has 3 aromatic heterocycles. The van der Waals surface area contributed by atoms with Crippen LogP contribution >= 0.6 is 11.3 Å². The van der Waals surface area contributed by atoms with Gasteiger partial charge < -0.3 is 4.42 Å². The molecule has 9 heteroatoms. The number of halogens is 1. The largest absolute Gasteiger partial charge is 0.468 e. The fraction of sp³-hybridized carbons (Fsp3) is 0.107. The van der Waals surface area contributed by atoms with Gasteiger partial charge >= 0.3 is 0 Å². The van der Waals surface area contributed by atoms with Crippen molar-refractivity contribution in [2.45, 2.75) is 17.9 Å². The van der Waals surface area contributed by atoms with E-state index >= 15 is 0 Å². The average molecular weight is 532 g/mol. The van der Waals surface area contributed by atoms with Gasteiger partial charge in [-0.3, -0.25) is 4.40 Å². The number of hydrogen-bond donors (Lipinski definition) is 0. The molecule has 3 heterocycles. The van der Waals surface area contributed by atoms with Gasteiger partial charge in [0.1, 0.15) is 11.6 Å². The lowest BCUT2D eigenvalue weighted by molar-refractivity contribution is 0.365. The van der Waals surface area contributed by atoms with E-state index in [1.54, 1.807) is 42.7 Å². The van der Waals surface area contributed by atoms with Gasteiger partial charge in [-0.15, -0.1) is 11.3 Å². The van der Waals surface area contributed by atoms with Crippen LogP contribution in [0.15, 0.2) is 106 Å². The van der Waals surface area contributed by atoms with Crippen LogP contribution < -0.4 is 0 Å². The van der Waals surface area contributed by atoms with Crippen LogP contribution in [-0.2, 0) is 23.0 Å². The third-order valence-electron chi connectivity index (χ3n) is 6.31. The summed E-state index contributed by atoms with van der Waals surface area (Å²) in [5, 5.41) is 3.84. The molecule has 0 spiro atoms. The summed E-state index contributed by atoms with van der Waals surface area (Å²) in [5.41, 5.74) is 2.50. The van der Waals surface area contributed by atoms with E-state index in [9.17, 15) is 12.8 Å². The molecule has 0 aliphatic heterocycles. The SMILES string of the molecule is O=S(=O)(c1ccc2ccccc2c1)N(CCc1csc2nc(-c3ccc(F)cc3)cn12)Cc1ccco1. The van der Waals surface area contributed by atoms with Crippen LogP contribution in [0.2, 0.25) is 0 Å². The Kier molecular flexibility index (Phi) is 6.11. The zero-order valence-corrected chi connectivity index (χ0v) is 21.3. The molecule has 6 nitrogen and oxygen atoms in total. The van der Waals surface area contributed by atoms with Gasteiger partial charge in [0.05, 0.1) is 23.4 Å². The number of fused-ring (bicyclic) bond motifs is 2. The molecule has 0 radical (unpaired) electrons. The lowest BCUT2D eigenvalue weighted by Crippen LogP contribution is -2.32. The zero-order chi connectivity index (χ0) is 25.4. The molecule has 0 amide bonds. The first kappa shape index (κ1) is 23.6. The second-order valence-electron chi connectivity index (χ2n) is 8.69. The summed E-state index contributed by atoms with van der Waals surface area (Å²) < 4.78 is 49.8. The van der Waals surface area contributed by atoms with E-state index in [2.05, 4.69) is 4.98 Å². The molecule has 0 saturated heterocycles. The summed E-state index contributed by atoms with van der Waals surface area (Å²) in [7, 11) is -3.80. The Morgan fingerprint density at radius 1 is 0.973 bits per heavy atom. The number of nitrogens with zero attached hydrogens (tertiary/aromatic N) is 3. The van der Waals surface area contributed by atoms with Crippen LogP contribution in [0.4, 0.5) is 4.39 Å². The van der Waals surface area contributed by atoms with Crippen LogP contribution in [0.1, 0.15) is 11.5 Å². The molecule has 0 atom stereocenters. The minimum Gasteiger partial charge on any atom is -0.468 e. The number of rotatable bonds is 8. The summed E-state index contributed by atoms with van der Waals surface area (Å²) in [6.45, 7) is 0.381. The highest BCUT2D eigenvalue weighted by molar-refractivity contribution is 7.89. The Hall–Kier alpha value is -3.79. The van der Waals surface area contributed by atoms with Crippen molar-refractivity contribution < 1.29 is 17.2 Å². The molecule has 3 aromatic carbocycles. The highest BCUT2D eigenvalue weighted by atomic mass is 32.2. The van der Waals surface area contributed by atoms with Crippen LogP contribution in [0.25, 0.3) is 27.0 Å². The molecule has 37 heavy (non-hydrogen) atoms.